The van der Waals surface area contributed by atoms with E-state index in [1.807, 2.05) is 24.3 Å². The molecule has 2 aromatic heterocycles. The second-order valence-corrected chi connectivity index (χ2v) is 8.24. The van der Waals surface area contributed by atoms with Crippen molar-refractivity contribution >= 4 is 42.3 Å². The van der Waals surface area contributed by atoms with Crippen molar-refractivity contribution in [2.24, 2.45) is 0 Å². The Kier molecular flexibility index (Phi) is 10.3. The number of amides is 1. The number of rotatable bonds is 5. The summed E-state index contributed by atoms with van der Waals surface area (Å²) in [6.07, 6.45) is 2.91. The van der Waals surface area contributed by atoms with Crippen LogP contribution in [0.15, 0.2) is 55.0 Å². The molecule has 0 bridgehead atoms. The molecule has 4 rings (SSSR count). The van der Waals surface area contributed by atoms with Crippen LogP contribution in [0.25, 0.3) is 11.1 Å². The van der Waals surface area contributed by atoms with Gasteiger partial charge >= 0.3 is 6.18 Å². The summed E-state index contributed by atoms with van der Waals surface area (Å²) in [5, 5.41) is 5.50. The number of carbonyl (C=O) groups is 1. The molecular weight excluding hydrogens is 524 g/mol. The number of hydrogen-bond donors (Lipinski definition) is 2. The second kappa shape index (κ2) is 12.5. The van der Waals surface area contributed by atoms with Crippen LogP contribution >= 0.6 is 36.4 Å². The van der Waals surface area contributed by atoms with Gasteiger partial charge in [0.2, 0.25) is 0 Å². The number of aromatic nitrogens is 2. The lowest BCUT2D eigenvalue weighted by molar-refractivity contribution is -0.137. The number of alkyl halides is 3. The van der Waals surface area contributed by atoms with Gasteiger partial charge in [0, 0.05) is 31.2 Å². The van der Waals surface area contributed by atoms with Crippen LogP contribution in [0.5, 0.6) is 0 Å². The zero-order valence-corrected chi connectivity index (χ0v) is 20.8. The van der Waals surface area contributed by atoms with E-state index in [2.05, 4.69) is 26.7 Å². The average Bonchev–Trinajstić information content (AvgIpc) is 2.83. The number of nitrogens with one attached hydrogen (secondary N) is 2. The van der Waals surface area contributed by atoms with E-state index >= 15 is 0 Å². The fraction of sp³-hybridized carbons (Fsp3) is 0.292. The Bertz CT molecular complexity index is 1140. The Labute approximate surface area is 218 Å². The first-order chi connectivity index (χ1) is 15.8. The highest BCUT2D eigenvalue weighted by atomic mass is 35.5. The fourth-order valence-corrected chi connectivity index (χ4v) is 4.30. The lowest BCUT2D eigenvalue weighted by Gasteiger charge is -2.26. The highest BCUT2D eigenvalue weighted by Crippen LogP contribution is 2.35. The Morgan fingerprint density at radius 2 is 1.91 bits per heavy atom. The number of nitrogens with zero attached hydrogens (tertiary/aromatic N) is 2. The second-order valence-electron chi connectivity index (χ2n) is 7.86. The quantitative estimate of drug-likeness (QED) is 0.388. The number of pyridine rings is 2. The molecule has 1 atom stereocenters. The summed E-state index contributed by atoms with van der Waals surface area (Å²) in [4.78, 5) is 20.6. The molecule has 0 saturated carbocycles. The van der Waals surface area contributed by atoms with Crippen molar-refractivity contribution in [1.29, 1.82) is 0 Å². The molecule has 0 unspecified atom stereocenters. The molecule has 35 heavy (non-hydrogen) atoms. The molecule has 1 aromatic carbocycles. The zero-order chi connectivity index (χ0) is 23.4. The van der Waals surface area contributed by atoms with Crippen molar-refractivity contribution in [2.75, 3.05) is 6.54 Å². The van der Waals surface area contributed by atoms with Gasteiger partial charge in [-0.25, -0.2) is 4.98 Å². The van der Waals surface area contributed by atoms with Gasteiger partial charge in [0.25, 0.3) is 5.91 Å². The van der Waals surface area contributed by atoms with Gasteiger partial charge in [0.15, 0.2) is 0 Å². The molecule has 11 heteroatoms. The maximum atomic E-state index is 13.1. The van der Waals surface area contributed by atoms with Crippen LogP contribution in [0, 0.1) is 0 Å². The predicted molar refractivity (Wildman–Crippen MR) is 134 cm³/mol. The number of carbonyl (C=O) groups excluding carboxylic acids is 1. The van der Waals surface area contributed by atoms with Crippen molar-refractivity contribution in [3.05, 3.63) is 82.4 Å². The van der Waals surface area contributed by atoms with Crippen molar-refractivity contribution < 1.29 is 18.0 Å². The first-order valence-electron chi connectivity index (χ1n) is 10.6. The number of piperidine rings is 1. The van der Waals surface area contributed by atoms with E-state index in [-0.39, 0.29) is 37.4 Å². The summed E-state index contributed by atoms with van der Waals surface area (Å²) < 4.78 is 39.4. The van der Waals surface area contributed by atoms with Gasteiger partial charge in [0.05, 0.1) is 10.6 Å². The normalized spacial score (nSPS) is 15.5. The highest BCUT2D eigenvalue weighted by molar-refractivity contribution is 6.34. The first kappa shape index (κ1) is 28.8. The SMILES string of the molecule is Cl.Cl.O=C(NCc1ccc(-c2cccnc2)cc1[C@@H]1CCCCN1)c1nccc(C(F)(F)F)c1Cl. The zero-order valence-electron chi connectivity index (χ0n) is 18.4. The molecule has 1 aliphatic heterocycles. The lowest BCUT2D eigenvalue weighted by Crippen LogP contribution is -2.30. The third-order valence-corrected chi connectivity index (χ3v) is 6.06. The predicted octanol–water partition coefficient (Wildman–Crippen LogP) is 6.40. The van der Waals surface area contributed by atoms with Gasteiger partial charge in [0.1, 0.15) is 5.69 Å². The summed E-state index contributed by atoms with van der Waals surface area (Å²) in [6.45, 7) is 1.03. The Balaban J connectivity index is 0.00000216. The van der Waals surface area contributed by atoms with Gasteiger partial charge in [-0.15, -0.1) is 24.8 Å². The summed E-state index contributed by atoms with van der Waals surface area (Å²) in [7, 11) is 0. The third-order valence-electron chi connectivity index (χ3n) is 5.68. The monoisotopic (exact) mass is 546 g/mol. The third kappa shape index (κ3) is 6.85. The topological polar surface area (TPSA) is 66.9 Å². The largest absolute Gasteiger partial charge is 0.417 e. The van der Waals surface area contributed by atoms with E-state index in [4.69, 9.17) is 11.6 Å². The lowest BCUT2D eigenvalue weighted by atomic mass is 9.91. The van der Waals surface area contributed by atoms with Crippen LogP contribution in [-0.4, -0.2) is 22.4 Å². The van der Waals surface area contributed by atoms with E-state index in [1.165, 1.54) is 0 Å². The summed E-state index contributed by atoms with van der Waals surface area (Å²) in [5.74, 6) is -0.759. The molecular formula is C24H24Cl3F3N4O. The van der Waals surface area contributed by atoms with Crippen LogP contribution < -0.4 is 10.6 Å². The standard InChI is InChI=1S/C24H22ClF3N4O.2ClH/c25-21-19(24(26,27)28)8-11-31-22(21)23(33)32-14-17-7-6-15(16-4-3-9-29-13-16)12-18(17)20-5-1-2-10-30-20;;/h3-4,6-9,11-13,20,30H,1-2,5,10,14H2,(H,32,33);2*1H/t20-;;/m0../s1. The Morgan fingerprint density at radius 3 is 2.57 bits per heavy atom. The summed E-state index contributed by atoms with van der Waals surface area (Å²) in [5.41, 5.74) is 2.36. The van der Waals surface area contributed by atoms with Crippen molar-refractivity contribution in [2.45, 2.75) is 38.0 Å². The molecule has 0 spiro atoms. The molecule has 1 fully saturated rings. The number of hydrogen-bond acceptors (Lipinski definition) is 4. The van der Waals surface area contributed by atoms with Crippen molar-refractivity contribution in [3.8, 4) is 11.1 Å². The van der Waals surface area contributed by atoms with Gasteiger partial charge in [-0.1, -0.05) is 36.2 Å². The molecule has 1 amide bonds. The minimum Gasteiger partial charge on any atom is -0.347 e. The molecule has 3 heterocycles. The molecule has 2 N–H and O–H groups in total. The van der Waals surface area contributed by atoms with Crippen LogP contribution in [0.2, 0.25) is 5.02 Å². The Hall–Kier alpha value is -2.39. The summed E-state index contributed by atoms with van der Waals surface area (Å²) >= 11 is 5.85. The number of halogens is 6. The van der Waals surface area contributed by atoms with Crippen LogP contribution in [0.1, 0.15) is 52.5 Å². The van der Waals surface area contributed by atoms with Crippen LogP contribution in [0.3, 0.4) is 0 Å². The smallest absolute Gasteiger partial charge is 0.347 e. The number of benzene rings is 1. The van der Waals surface area contributed by atoms with Gasteiger partial charge < -0.3 is 10.6 Å². The van der Waals surface area contributed by atoms with Gasteiger partial charge in [-0.2, -0.15) is 13.2 Å². The molecule has 0 aliphatic carbocycles. The molecule has 188 valence electrons. The van der Waals surface area contributed by atoms with Crippen LogP contribution in [-0.2, 0) is 12.7 Å². The Morgan fingerprint density at radius 1 is 1.11 bits per heavy atom. The minimum atomic E-state index is -4.67. The molecule has 0 radical (unpaired) electrons. The van der Waals surface area contributed by atoms with Crippen molar-refractivity contribution in [1.82, 2.24) is 20.6 Å². The van der Waals surface area contributed by atoms with E-state index in [0.29, 0.717) is 0 Å². The van der Waals surface area contributed by atoms with E-state index in [0.717, 1.165) is 60.3 Å². The fourth-order valence-electron chi connectivity index (χ4n) is 3.99. The van der Waals surface area contributed by atoms with Crippen molar-refractivity contribution in [3.63, 3.8) is 0 Å². The van der Waals surface area contributed by atoms with Gasteiger partial charge in [-0.3, -0.25) is 9.78 Å². The van der Waals surface area contributed by atoms with E-state index in [1.54, 1.807) is 12.4 Å². The highest BCUT2D eigenvalue weighted by Gasteiger charge is 2.35. The molecule has 3 aromatic rings. The molecule has 1 aliphatic rings. The first-order valence-corrected chi connectivity index (χ1v) is 11.0. The maximum Gasteiger partial charge on any atom is 0.417 e. The van der Waals surface area contributed by atoms with E-state index < -0.39 is 28.4 Å². The molecule has 5 nitrogen and oxygen atoms in total. The van der Waals surface area contributed by atoms with Gasteiger partial charge in [-0.05, 0) is 59.8 Å². The van der Waals surface area contributed by atoms with Crippen LogP contribution in [0.4, 0.5) is 13.2 Å². The maximum absolute atomic E-state index is 13.1. The summed E-state index contributed by atoms with van der Waals surface area (Å²) in [6, 6.07) is 10.7. The molecule has 1 saturated heterocycles. The van der Waals surface area contributed by atoms with E-state index in [9.17, 15) is 18.0 Å². The average molecular weight is 548 g/mol. The minimum absolute atomic E-state index is 0.